The highest BCUT2D eigenvalue weighted by molar-refractivity contribution is 5.19. The van der Waals surface area contributed by atoms with Crippen molar-refractivity contribution in [2.24, 2.45) is 5.73 Å². The fraction of sp³-hybridized carbons (Fsp3) is 0.583. The topological polar surface area (TPSA) is 62.4 Å². The Morgan fingerprint density at radius 1 is 1.62 bits per heavy atom. The van der Waals surface area contributed by atoms with Crippen LogP contribution in [0.4, 0.5) is 0 Å². The fourth-order valence-corrected chi connectivity index (χ4v) is 2.21. The number of nitrogens with two attached hydrogens (primary N) is 1. The third kappa shape index (κ3) is 2.58. The summed E-state index contributed by atoms with van der Waals surface area (Å²) in [5, 5.41) is 9.89. The predicted octanol–water partition coefficient (Wildman–Crippen LogP) is 0.497. The molecule has 0 bridgehead atoms. The van der Waals surface area contributed by atoms with Crippen molar-refractivity contribution in [2.45, 2.75) is 32.0 Å². The van der Waals surface area contributed by atoms with Gasteiger partial charge in [0, 0.05) is 32.4 Å². The second kappa shape index (κ2) is 4.49. The lowest BCUT2D eigenvalue weighted by Gasteiger charge is -2.19. The van der Waals surface area contributed by atoms with Gasteiger partial charge in [0.05, 0.1) is 11.3 Å². The van der Waals surface area contributed by atoms with E-state index in [4.69, 9.17) is 5.73 Å². The smallest absolute Gasteiger partial charge is 0.0758 e. The Bertz CT molecular complexity index is 365. The summed E-state index contributed by atoms with van der Waals surface area (Å²) >= 11 is 0. The molecule has 1 aromatic heterocycles. The Labute approximate surface area is 96.1 Å². The van der Waals surface area contributed by atoms with E-state index in [9.17, 15) is 5.11 Å². The quantitative estimate of drug-likeness (QED) is 0.780. The minimum atomic E-state index is -0.537. The number of nitrogens with zero attached hydrogens (tertiary/aromatic N) is 2. The SMILES string of the molecule is CC1(O)CCN(Cc2cccnc2CN)C1. The molecule has 0 saturated carbocycles. The molecule has 88 valence electrons. The molecule has 4 nitrogen and oxygen atoms in total. The first-order valence-electron chi connectivity index (χ1n) is 5.68. The van der Waals surface area contributed by atoms with E-state index in [0.717, 1.165) is 31.7 Å². The third-order valence-corrected chi connectivity index (χ3v) is 3.10. The maximum Gasteiger partial charge on any atom is 0.0758 e. The molecule has 1 aliphatic rings. The Morgan fingerprint density at radius 2 is 2.44 bits per heavy atom. The van der Waals surface area contributed by atoms with Crippen LogP contribution >= 0.6 is 0 Å². The van der Waals surface area contributed by atoms with E-state index in [1.807, 2.05) is 13.0 Å². The van der Waals surface area contributed by atoms with Crippen LogP contribution in [0, 0.1) is 0 Å². The number of hydrogen-bond donors (Lipinski definition) is 2. The molecule has 16 heavy (non-hydrogen) atoms. The van der Waals surface area contributed by atoms with Crippen molar-refractivity contribution >= 4 is 0 Å². The highest BCUT2D eigenvalue weighted by Crippen LogP contribution is 2.22. The molecule has 1 atom stereocenters. The summed E-state index contributed by atoms with van der Waals surface area (Å²) in [5.74, 6) is 0. The van der Waals surface area contributed by atoms with E-state index < -0.39 is 5.60 Å². The fourth-order valence-electron chi connectivity index (χ4n) is 2.21. The number of β-amino-alcohol motifs (C(OH)–C–C–N with tert-alkyl or cyclic N) is 1. The van der Waals surface area contributed by atoms with Crippen molar-refractivity contribution in [3.63, 3.8) is 0 Å². The maximum atomic E-state index is 9.89. The van der Waals surface area contributed by atoms with Gasteiger partial charge in [-0.3, -0.25) is 9.88 Å². The van der Waals surface area contributed by atoms with Crippen molar-refractivity contribution in [3.8, 4) is 0 Å². The van der Waals surface area contributed by atoms with Gasteiger partial charge in [0.1, 0.15) is 0 Å². The Hall–Kier alpha value is -0.970. The monoisotopic (exact) mass is 221 g/mol. The maximum absolute atomic E-state index is 9.89. The van der Waals surface area contributed by atoms with Crippen LogP contribution < -0.4 is 5.73 Å². The molecule has 1 aromatic rings. The molecule has 4 heteroatoms. The van der Waals surface area contributed by atoms with Crippen LogP contribution in [-0.4, -0.2) is 33.7 Å². The normalized spacial score (nSPS) is 26.2. The molecule has 1 unspecified atom stereocenters. The lowest BCUT2D eigenvalue weighted by Crippen LogP contribution is -2.29. The molecular weight excluding hydrogens is 202 g/mol. The number of rotatable bonds is 3. The number of aromatic nitrogens is 1. The van der Waals surface area contributed by atoms with Gasteiger partial charge < -0.3 is 10.8 Å². The average molecular weight is 221 g/mol. The lowest BCUT2D eigenvalue weighted by molar-refractivity contribution is 0.0678. The van der Waals surface area contributed by atoms with E-state index >= 15 is 0 Å². The van der Waals surface area contributed by atoms with Gasteiger partial charge in [-0.15, -0.1) is 0 Å². The summed E-state index contributed by atoms with van der Waals surface area (Å²) in [5.41, 5.74) is 7.23. The second-order valence-electron chi connectivity index (χ2n) is 4.77. The molecule has 0 radical (unpaired) electrons. The highest BCUT2D eigenvalue weighted by Gasteiger charge is 2.31. The molecule has 0 aliphatic carbocycles. The van der Waals surface area contributed by atoms with Gasteiger partial charge in [-0.25, -0.2) is 0 Å². The van der Waals surface area contributed by atoms with E-state index in [1.165, 1.54) is 5.56 Å². The van der Waals surface area contributed by atoms with Crippen LogP contribution in [0.1, 0.15) is 24.6 Å². The molecule has 0 amide bonds. The highest BCUT2D eigenvalue weighted by atomic mass is 16.3. The van der Waals surface area contributed by atoms with E-state index in [2.05, 4.69) is 16.0 Å². The largest absolute Gasteiger partial charge is 0.389 e. The summed E-state index contributed by atoms with van der Waals surface area (Å²) in [7, 11) is 0. The van der Waals surface area contributed by atoms with Gasteiger partial charge in [-0.1, -0.05) is 6.07 Å². The summed E-state index contributed by atoms with van der Waals surface area (Å²) < 4.78 is 0. The number of likely N-dealkylation sites (tertiary alicyclic amines) is 1. The zero-order chi connectivity index (χ0) is 11.6. The molecule has 0 spiro atoms. The third-order valence-electron chi connectivity index (χ3n) is 3.10. The van der Waals surface area contributed by atoms with Crippen LogP contribution in [-0.2, 0) is 13.1 Å². The zero-order valence-corrected chi connectivity index (χ0v) is 9.69. The lowest BCUT2D eigenvalue weighted by atomic mass is 10.1. The van der Waals surface area contributed by atoms with Crippen LogP contribution in [0.2, 0.25) is 0 Å². The molecule has 0 aromatic carbocycles. The Morgan fingerprint density at radius 3 is 3.06 bits per heavy atom. The first-order chi connectivity index (χ1) is 7.61. The minimum Gasteiger partial charge on any atom is -0.389 e. The Balaban J connectivity index is 2.04. The van der Waals surface area contributed by atoms with Crippen molar-refractivity contribution < 1.29 is 5.11 Å². The minimum absolute atomic E-state index is 0.473. The van der Waals surface area contributed by atoms with Crippen LogP contribution in [0.5, 0.6) is 0 Å². The summed E-state index contributed by atoms with van der Waals surface area (Å²) in [6.07, 6.45) is 2.61. The van der Waals surface area contributed by atoms with Crippen LogP contribution in [0.3, 0.4) is 0 Å². The van der Waals surface area contributed by atoms with Gasteiger partial charge in [0.25, 0.3) is 0 Å². The summed E-state index contributed by atoms with van der Waals surface area (Å²) in [6, 6.07) is 3.99. The molecule has 1 saturated heterocycles. The van der Waals surface area contributed by atoms with E-state index in [1.54, 1.807) is 6.20 Å². The number of pyridine rings is 1. The van der Waals surface area contributed by atoms with Gasteiger partial charge in [-0.05, 0) is 25.0 Å². The van der Waals surface area contributed by atoms with Crippen LogP contribution in [0.25, 0.3) is 0 Å². The molecule has 2 rings (SSSR count). The van der Waals surface area contributed by atoms with E-state index in [0.29, 0.717) is 6.54 Å². The van der Waals surface area contributed by atoms with E-state index in [-0.39, 0.29) is 0 Å². The van der Waals surface area contributed by atoms with Crippen LogP contribution in [0.15, 0.2) is 18.3 Å². The molecule has 2 heterocycles. The second-order valence-corrected chi connectivity index (χ2v) is 4.77. The van der Waals surface area contributed by atoms with Gasteiger partial charge >= 0.3 is 0 Å². The van der Waals surface area contributed by atoms with Gasteiger partial charge in [0.2, 0.25) is 0 Å². The molecule has 1 aliphatic heterocycles. The van der Waals surface area contributed by atoms with Crippen molar-refractivity contribution in [1.29, 1.82) is 0 Å². The molecular formula is C12H19N3O. The van der Waals surface area contributed by atoms with Gasteiger partial charge in [0.15, 0.2) is 0 Å². The first-order valence-corrected chi connectivity index (χ1v) is 5.68. The van der Waals surface area contributed by atoms with Crippen molar-refractivity contribution in [3.05, 3.63) is 29.6 Å². The predicted molar refractivity (Wildman–Crippen MR) is 62.6 cm³/mol. The zero-order valence-electron chi connectivity index (χ0n) is 9.69. The summed E-state index contributed by atoms with van der Waals surface area (Å²) in [4.78, 5) is 6.51. The summed E-state index contributed by atoms with van der Waals surface area (Å²) in [6.45, 7) is 4.86. The number of aliphatic hydroxyl groups is 1. The standard InChI is InChI=1S/C12H19N3O/c1-12(16)4-6-15(9-12)8-10-3-2-5-14-11(10)7-13/h2-3,5,16H,4,6-9,13H2,1H3. The van der Waals surface area contributed by atoms with Crippen molar-refractivity contribution in [2.75, 3.05) is 13.1 Å². The molecule has 3 N–H and O–H groups in total. The number of hydrogen-bond acceptors (Lipinski definition) is 4. The first kappa shape index (κ1) is 11.5. The average Bonchev–Trinajstić information content (AvgIpc) is 2.59. The van der Waals surface area contributed by atoms with Gasteiger partial charge in [-0.2, -0.15) is 0 Å². The Kier molecular flexibility index (Phi) is 3.23. The molecule has 1 fully saturated rings. The van der Waals surface area contributed by atoms with Crippen molar-refractivity contribution in [1.82, 2.24) is 9.88 Å².